The van der Waals surface area contributed by atoms with Crippen molar-refractivity contribution < 1.29 is 14.0 Å². The number of nitrogens with one attached hydrogen (secondary N) is 2. The van der Waals surface area contributed by atoms with Gasteiger partial charge in [-0.2, -0.15) is 0 Å². The Morgan fingerprint density at radius 2 is 1.88 bits per heavy atom. The third-order valence-electron chi connectivity index (χ3n) is 3.17. The van der Waals surface area contributed by atoms with Crippen LogP contribution in [0.1, 0.15) is 24.2 Å². The highest BCUT2D eigenvalue weighted by molar-refractivity contribution is 8.00. The van der Waals surface area contributed by atoms with Gasteiger partial charge in [-0.15, -0.1) is 11.8 Å². The lowest BCUT2D eigenvalue weighted by atomic mass is 10.1. The first-order valence-corrected chi connectivity index (χ1v) is 8.40. The molecule has 0 saturated carbocycles. The zero-order valence-corrected chi connectivity index (χ0v) is 14.3. The van der Waals surface area contributed by atoms with Crippen LogP contribution in [0.3, 0.4) is 0 Å². The van der Waals surface area contributed by atoms with Crippen LogP contribution in [-0.2, 0) is 4.79 Å². The van der Waals surface area contributed by atoms with Gasteiger partial charge in [0.1, 0.15) is 5.82 Å². The Hall–Kier alpha value is -2.34. The maximum atomic E-state index is 13.6. The van der Waals surface area contributed by atoms with E-state index in [0.717, 1.165) is 4.90 Å². The topological polar surface area (TPSA) is 58.2 Å². The molecule has 24 heavy (non-hydrogen) atoms. The van der Waals surface area contributed by atoms with E-state index in [1.165, 1.54) is 25.1 Å². The molecular weight excluding hydrogens is 327 g/mol. The molecule has 6 heteroatoms. The highest BCUT2D eigenvalue weighted by Crippen LogP contribution is 2.22. The molecule has 2 aromatic carbocycles. The first kappa shape index (κ1) is 18.0. The van der Waals surface area contributed by atoms with Crippen LogP contribution in [0.4, 0.5) is 10.1 Å². The summed E-state index contributed by atoms with van der Waals surface area (Å²) in [5, 5.41) is 5.38. The number of hydrogen-bond acceptors (Lipinski definition) is 3. The van der Waals surface area contributed by atoms with Crippen molar-refractivity contribution in [2.45, 2.75) is 24.0 Å². The number of hydrogen-bond donors (Lipinski definition) is 2. The number of carbonyl (C=O) groups excluding carboxylic acids is 2. The standard InChI is InChI=1S/C18H19FN2O2S/c1-12(24-15-6-4-3-5-7-15)11-20-18(23)14-8-9-16(19)17(10-14)21-13(2)22/h3-10,12H,11H2,1-2H3,(H,20,23)(H,21,22)/t12-/m1/s1. The van der Waals surface area contributed by atoms with Gasteiger partial charge in [-0.1, -0.05) is 25.1 Å². The van der Waals surface area contributed by atoms with Gasteiger partial charge in [-0.05, 0) is 30.3 Å². The summed E-state index contributed by atoms with van der Waals surface area (Å²) in [7, 11) is 0. The van der Waals surface area contributed by atoms with Gasteiger partial charge in [0.2, 0.25) is 5.91 Å². The molecule has 0 aliphatic rings. The Labute approximate surface area is 144 Å². The largest absolute Gasteiger partial charge is 0.351 e. The number of carbonyl (C=O) groups is 2. The van der Waals surface area contributed by atoms with Crippen LogP contribution >= 0.6 is 11.8 Å². The predicted molar refractivity (Wildman–Crippen MR) is 94.8 cm³/mol. The van der Waals surface area contributed by atoms with Crippen molar-refractivity contribution in [1.29, 1.82) is 0 Å². The summed E-state index contributed by atoms with van der Waals surface area (Å²) in [4.78, 5) is 24.4. The second kappa shape index (κ2) is 8.49. The molecule has 0 aromatic heterocycles. The molecular formula is C18H19FN2O2S. The molecule has 0 aliphatic carbocycles. The van der Waals surface area contributed by atoms with Gasteiger partial charge >= 0.3 is 0 Å². The van der Waals surface area contributed by atoms with Gasteiger partial charge in [0.15, 0.2) is 0 Å². The molecule has 0 spiro atoms. The normalized spacial score (nSPS) is 11.6. The fraction of sp³-hybridized carbons (Fsp3) is 0.222. The molecule has 0 heterocycles. The molecule has 2 amide bonds. The molecule has 0 bridgehead atoms. The lowest BCUT2D eigenvalue weighted by Gasteiger charge is -2.13. The van der Waals surface area contributed by atoms with Crippen LogP contribution in [0.5, 0.6) is 0 Å². The smallest absolute Gasteiger partial charge is 0.251 e. The fourth-order valence-corrected chi connectivity index (χ4v) is 3.01. The van der Waals surface area contributed by atoms with Crippen LogP contribution in [0.2, 0.25) is 0 Å². The van der Waals surface area contributed by atoms with E-state index >= 15 is 0 Å². The van der Waals surface area contributed by atoms with Gasteiger partial charge in [-0.25, -0.2) is 4.39 Å². The number of thioether (sulfide) groups is 1. The Morgan fingerprint density at radius 3 is 2.54 bits per heavy atom. The summed E-state index contributed by atoms with van der Waals surface area (Å²) < 4.78 is 13.6. The Balaban J connectivity index is 1.93. The van der Waals surface area contributed by atoms with Crippen molar-refractivity contribution >= 4 is 29.3 Å². The number of benzene rings is 2. The van der Waals surface area contributed by atoms with E-state index < -0.39 is 5.82 Å². The van der Waals surface area contributed by atoms with E-state index in [2.05, 4.69) is 10.6 Å². The second-order valence-electron chi connectivity index (χ2n) is 5.33. The lowest BCUT2D eigenvalue weighted by Crippen LogP contribution is -2.29. The highest BCUT2D eigenvalue weighted by Gasteiger charge is 2.12. The van der Waals surface area contributed by atoms with Gasteiger partial charge in [-0.3, -0.25) is 9.59 Å². The van der Waals surface area contributed by atoms with Gasteiger partial charge in [0, 0.05) is 29.2 Å². The predicted octanol–water partition coefficient (Wildman–Crippen LogP) is 3.69. The summed E-state index contributed by atoms with van der Waals surface area (Å²) in [6.45, 7) is 3.78. The Bertz CT molecular complexity index is 722. The van der Waals surface area contributed by atoms with Crippen molar-refractivity contribution in [3.8, 4) is 0 Å². The average molecular weight is 346 g/mol. The van der Waals surface area contributed by atoms with Crippen LogP contribution < -0.4 is 10.6 Å². The molecule has 2 N–H and O–H groups in total. The quantitative estimate of drug-likeness (QED) is 0.784. The molecule has 126 valence electrons. The minimum atomic E-state index is -0.574. The summed E-state index contributed by atoms with van der Waals surface area (Å²) in [6, 6.07) is 13.8. The lowest BCUT2D eigenvalue weighted by molar-refractivity contribution is -0.114. The second-order valence-corrected chi connectivity index (χ2v) is 6.84. The third-order valence-corrected chi connectivity index (χ3v) is 4.28. The highest BCUT2D eigenvalue weighted by atomic mass is 32.2. The Kier molecular flexibility index (Phi) is 6.37. The zero-order valence-electron chi connectivity index (χ0n) is 13.5. The van der Waals surface area contributed by atoms with Crippen LogP contribution in [0.25, 0.3) is 0 Å². The molecule has 2 rings (SSSR count). The number of halogens is 1. The SMILES string of the molecule is CC(=O)Nc1cc(C(=O)NC[C@@H](C)Sc2ccccc2)ccc1F. The van der Waals surface area contributed by atoms with Crippen LogP contribution in [-0.4, -0.2) is 23.6 Å². The van der Waals surface area contributed by atoms with E-state index in [-0.39, 0.29) is 22.8 Å². The minimum absolute atomic E-state index is 0.00172. The molecule has 0 unspecified atom stereocenters. The van der Waals surface area contributed by atoms with Gasteiger partial charge in [0.25, 0.3) is 5.91 Å². The molecule has 0 saturated heterocycles. The minimum Gasteiger partial charge on any atom is -0.351 e. The summed E-state index contributed by atoms with van der Waals surface area (Å²) in [6.07, 6.45) is 0. The summed E-state index contributed by atoms with van der Waals surface area (Å²) in [5.41, 5.74) is 0.305. The van der Waals surface area contributed by atoms with Gasteiger partial charge < -0.3 is 10.6 Å². The van der Waals surface area contributed by atoms with E-state index in [1.807, 2.05) is 37.3 Å². The number of anilines is 1. The van der Waals surface area contributed by atoms with Gasteiger partial charge in [0.05, 0.1) is 5.69 Å². The van der Waals surface area contributed by atoms with E-state index in [1.54, 1.807) is 11.8 Å². The maximum absolute atomic E-state index is 13.6. The first-order valence-electron chi connectivity index (χ1n) is 7.52. The summed E-state index contributed by atoms with van der Waals surface area (Å²) in [5.74, 6) is -1.27. The fourth-order valence-electron chi connectivity index (χ4n) is 2.06. The third kappa shape index (κ3) is 5.38. The van der Waals surface area contributed by atoms with Crippen molar-refractivity contribution in [2.75, 3.05) is 11.9 Å². The van der Waals surface area contributed by atoms with Crippen molar-refractivity contribution in [1.82, 2.24) is 5.32 Å². The first-order chi connectivity index (χ1) is 11.5. The monoisotopic (exact) mass is 346 g/mol. The number of rotatable bonds is 6. The molecule has 0 radical (unpaired) electrons. The Morgan fingerprint density at radius 1 is 1.17 bits per heavy atom. The summed E-state index contributed by atoms with van der Waals surface area (Å²) >= 11 is 1.66. The zero-order chi connectivity index (χ0) is 17.5. The molecule has 2 aromatic rings. The van der Waals surface area contributed by atoms with Crippen molar-refractivity contribution in [3.05, 3.63) is 59.9 Å². The van der Waals surface area contributed by atoms with Crippen molar-refractivity contribution in [3.63, 3.8) is 0 Å². The molecule has 4 nitrogen and oxygen atoms in total. The molecule has 1 atom stereocenters. The van der Waals surface area contributed by atoms with Crippen molar-refractivity contribution in [2.24, 2.45) is 0 Å². The molecule has 0 fully saturated rings. The van der Waals surface area contributed by atoms with E-state index in [4.69, 9.17) is 0 Å². The number of amides is 2. The maximum Gasteiger partial charge on any atom is 0.251 e. The molecule has 0 aliphatic heterocycles. The average Bonchev–Trinajstić information content (AvgIpc) is 2.55. The van der Waals surface area contributed by atoms with E-state index in [0.29, 0.717) is 12.1 Å². The van der Waals surface area contributed by atoms with Crippen LogP contribution in [0, 0.1) is 5.82 Å². The van der Waals surface area contributed by atoms with E-state index in [9.17, 15) is 14.0 Å². The van der Waals surface area contributed by atoms with Crippen LogP contribution in [0.15, 0.2) is 53.4 Å².